The summed E-state index contributed by atoms with van der Waals surface area (Å²) in [5, 5.41) is 8.52. The van der Waals surface area contributed by atoms with Crippen molar-refractivity contribution in [2.45, 2.75) is 24.6 Å². The molecule has 0 fully saturated rings. The number of carboxylic acid groups (broad SMARTS) is 1. The second-order valence-corrected chi connectivity index (χ2v) is 4.49. The molecule has 0 bridgehead atoms. The van der Waals surface area contributed by atoms with Crippen molar-refractivity contribution in [2.24, 2.45) is 5.73 Å². The van der Waals surface area contributed by atoms with E-state index in [1.54, 1.807) is 13.0 Å². The maximum atomic E-state index is 10.4. The number of nitrogens with two attached hydrogens (primary N) is 1. The van der Waals surface area contributed by atoms with Crippen LogP contribution in [0.1, 0.15) is 19.8 Å². The van der Waals surface area contributed by atoms with Crippen LogP contribution < -0.4 is 5.73 Å². The van der Waals surface area contributed by atoms with Gasteiger partial charge in [0.2, 0.25) is 0 Å². The molecule has 0 aliphatic carbocycles. The van der Waals surface area contributed by atoms with Crippen LogP contribution in [0, 0.1) is 0 Å². The fraction of sp³-hybridized carbons (Fsp3) is 0.625. The van der Waals surface area contributed by atoms with Gasteiger partial charge in [0.05, 0.1) is 11.3 Å². The Morgan fingerprint density at radius 1 is 1.69 bits per heavy atom. The summed E-state index contributed by atoms with van der Waals surface area (Å²) < 4.78 is 0. The van der Waals surface area contributed by atoms with Crippen molar-refractivity contribution in [3.8, 4) is 0 Å². The smallest absolute Gasteiger partial charge is 0.307 e. The lowest BCUT2D eigenvalue weighted by molar-refractivity contribution is -0.136. The van der Waals surface area contributed by atoms with E-state index in [-0.39, 0.29) is 6.42 Å². The van der Waals surface area contributed by atoms with Crippen molar-refractivity contribution in [3.63, 3.8) is 0 Å². The van der Waals surface area contributed by atoms with Crippen molar-refractivity contribution >= 4 is 31.2 Å². The van der Waals surface area contributed by atoms with E-state index in [2.05, 4.69) is 25.3 Å². The molecular formula is C8H15NO2S2. The average Bonchev–Trinajstić information content (AvgIpc) is 1.95. The minimum atomic E-state index is -0.849. The zero-order chi connectivity index (χ0) is 10.5. The third-order valence-electron chi connectivity index (χ3n) is 1.39. The summed E-state index contributed by atoms with van der Waals surface area (Å²) in [5.41, 5.74) is 6.38. The van der Waals surface area contributed by atoms with Gasteiger partial charge in [-0.2, -0.15) is 25.3 Å². The molecule has 1 atom stereocenters. The maximum Gasteiger partial charge on any atom is 0.307 e. The molecule has 3 N–H and O–H groups in total. The standard InChI is InChI=1S/C8H15NO2S2/c1-8(9,13)3-2-6(5-12)4-7(10)11/h2,12-13H,3-5,9H2,1H3,(H,10,11)/b6-2-. The van der Waals surface area contributed by atoms with Gasteiger partial charge in [-0.1, -0.05) is 11.6 Å². The second kappa shape index (κ2) is 5.57. The zero-order valence-electron chi connectivity index (χ0n) is 7.53. The van der Waals surface area contributed by atoms with E-state index in [0.29, 0.717) is 12.2 Å². The molecule has 5 heteroatoms. The first-order valence-corrected chi connectivity index (χ1v) is 4.95. The third-order valence-corrected chi connectivity index (χ3v) is 1.97. The molecule has 0 amide bonds. The van der Waals surface area contributed by atoms with E-state index >= 15 is 0 Å². The van der Waals surface area contributed by atoms with Crippen LogP contribution in [-0.2, 0) is 4.79 Å². The molecular weight excluding hydrogens is 206 g/mol. The summed E-state index contributed by atoms with van der Waals surface area (Å²) in [7, 11) is 0. The minimum absolute atomic E-state index is 0.0212. The molecule has 76 valence electrons. The first-order valence-electron chi connectivity index (χ1n) is 3.87. The molecule has 0 aliphatic rings. The lowest BCUT2D eigenvalue weighted by atomic mass is 10.1. The topological polar surface area (TPSA) is 63.3 Å². The largest absolute Gasteiger partial charge is 0.481 e. The van der Waals surface area contributed by atoms with Gasteiger partial charge in [-0.25, -0.2) is 0 Å². The average molecular weight is 221 g/mol. The molecule has 0 aromatic rings. The van der Waals surface area contributed by atoms with E-state index in [0.717, 1.165) is 5.57 Å². The SMILES string of the molecule is CC(N)(S)C/C=C(\CS)CC(=O)O. The highest BCUT2D eigenvalue weighted by Gasteiger charge is 2.10. The van der Waals surface area contributed by atoms with E-state index < -0.39 is 10.8 Å². The minimum Gasteiger partial charge on any atom is -0.481 e. The Labute approximate surface area is 89.2 Å². The van der Waals surface area contributed by atoms with E-state index in [9.17, 15) is 4.79 Å². The summed E-state index contributed by atoms with van der Waals surface area (Å²) in [6.07, 6.45) is 2.35. The highest BCUT2D eigenvalue weighted by Crippen LogP contribution is 2.14. The van der Waals surface area contributed by atoms with Gasteiger partial charge in [-0.3, -0.25) is 4.79 Å². The summed E-state index contributed by atoms with van der Waals surface area (Å²) in [6, 6.07) is 0. The van der Waals surface area contributed by atoms with Crippen LogP contribution in [0.5, 0.6) is 0 Å². The number of rotatable bonds is 5. The van der Waals surface area contributed by atoms with Crippen molar-refractivity contribution in [1.82, 2.24) is 0 Å². The molecule has 0 saturated carbocycles. The summed E-state index contributed by atoms with van der Waals surface area (Å²) in [6.45, 7) is 1.77. The van der Waals surface area contributed by atoms with Crippen molar-refractivity contribution < 1.29 is 9.90 Å². The lowest BCUT2D eigenvalue weighted by Gasteiger charge is -2.15. The molecule has 3 nitrogen and oxygen atoms in total. The van der Waals surface area contributed by atoms with E-state index in [4.69, 9.17) is 10.8 Å². The van der Waals surface area contributed by atoms with Gasteiger partial charge >= 0.3 is 5.97 Å². The zero-order valence-corrected chi connectivity index (χ0v) is 9.31. The van der Waals surface area contributed by atoms with Gasteiger partial charge in [0.1, 0.15) is 0 Å². The van der Waals surface area contributed by atoms with Crippen LogP contribution in [0.25, 0.3) is 0 Å². The van der Waals surface area contributed by atoms with Gasteiger partial charge in [0.25, 0.3) is 0 Å². The fourth-order valence-electron chi connectivity index (χ4n) is 0.738. The summed E-state index contributed by atoms with van der Waals surface area (Å²) in [4.78, 5) is 9.78. The Kier molecular flexibility index (Phi) is 5.51. The molecule has 0 aromatic heterocycles. The Balaban J connectivity index is 4.15. The number of carboxylic acids is 1. The Morgan fingerprint density at radius 2 is 2.23 bits per heavy atom. The Hall–Kier alpha value is -0.130. The van der Waals surface area contributed by atoms with Crippen LogP contribution in [0.2, 0.25) is 0 Å². The molecule has 0 saturated heterocycles. The maximum absolute atomic E-state index is 10.4. The van der Waals surface area contributed by atoms with Gasteiger partial charge in [0, 0.05) is 5.75 Å². The van der Waals surface area contributed by atoms with Crippen LogP contribution in [0.15, 0.2) is 11.6 Å². The van der Waals surface area contributed by atoms with Gasteiger partial charge in [0.15, 0.2) is 0 Å². The van der Waals surface area contributed by atoms with Crippen LogP contribution >= 0.6 is 25.3 Å². The number of aliphatic carboxylic acids is 1. The molecule has 0 aromatic carbocycles. The number of thiol groups is 2. The first-order chi connectivity index (χ1) is 5.85. The van der Waals surface area contributed by atoms with Crippen LogP contribution in [-0.4, -0.2) is 21.7 Å². The summed E-state index contributed by atoms with van der Waals surface area (Å²) >= 11 is 8.14. The first kappa shape index (κ1) is 12.9. The monoisotopic (exact) mass is 221 g/mol. The van der Waals surface area contributed by atoms with Gasteiger partial charge < -0.3 is 10.8 Å². The molecule has 0 aliphatic heterocycles. The normalized spacial score (nSPS) is 16.8. The number of carbonyl (C=O) groups is 1. The fourth-order valence-corrected chi connectivity index (χ4v) is 1.07. The predicted molar refractivity (Wildman–Crippen MR) is 60.4 cm³/mol. The molecule has 1 unspecified atom stereocenters. The molecule has 0 heterocycles. The van der Waals surface area contributed by atoms with Crippen molar-refractivity contribution in [3.05, 3.63) is 11.6 Å². The highest BCUT2D eigenvalue weighted by molar-refractivity contribution is 7.81. The third kappa shape index (κ3) is 8.21. The Morgan fingerprint density at radius 3 is 2.54 bits per heavy atom. The van der Waals surface area contributed by atoms with Crippen LogP contribution in [0.3, 0.4) is 0 Å². The lowest BCUT2D eigenvalue weighted by Crippen LogP contribution is -2.27. The number of hydrogen-bond acceptors (Lipinski definition) is 4. The van der Waals surface area contributed by atoms with E-state index in [1.807, 2.05) is 0 Å². The Bertz CT molecular complexity index is 209. The van der Waals surface area contributed by atoms with Gasteiger partial charge in [-0.15, -0.1) is 0 Å². The molecule has 0 rings (SSSR count). The van der Waals surface area contributed by atoms with Crippen LogP contribution in [0.4, 0.5) is 0 Å². The van der Waals surface area contributed by atoms with Crippen molar-refractivity contribution in [1.29, 1.82) is 0 Å². The number of hydrogen-bond donors (Lipinski definition) is 4. The quantitative estimate of drug-likeness (QED) is 0.321. The predicted octanol–water partition coefficient (Wildman–Crippen LogP) is 1.31. The molecule has 13 heavy (non-hydrogen) atoms. The van der Waals surface area contributed by atoms with Gasteiger partial charge in [-0.05, 0) is 13.3 Å². The molecule has 0 radical (unpaired) electrons. The molecule has 0 spiro atoms. The second-order valence-electron chi connectivity index (χ2n) is 3.15. The van der Waals surface area contributed by atoms with Crippen molar-refractivity contribution in [2.75, 3.05) is 5.75 Å². The van der Waals surface area contributed by atoms with E-state index in [1.165, 1.54) is 0 Å². The highest BCUT2D eigenvalue weighted by atomic mass is 32.1. The summed E-state index contributed by atoms with van der Waals surface area (Å²) in [5.74, 6) is -0.408.